The van der Waals surface area contributed by atoms with E-state index in [0.29, 0.717) is 0 Å². The van der Waals surface area contributed by atoms with Crippen LogP contribution in [0.3, 0.4) is 0 Å². The lowest BCUT2D eigenvalue weighted by Crippen LogP contribution is -2.56. The van der Waals surface area contributed by atoms with E-state index >= 15 is 0 Å². The van der Waals surface area contributed by atoms with Crippen LogP contribution in [0.25, 0.3) is 0 Å². The van der Waals surface area contributed by atoms with Crippen molar-refractivity contribution in [2.75, 3.05) is 0 Å². The Labute approximate surface area is 95.9 Å². The smallest absolute Gasteiger partial charge is 0.162 e. The fourth-order valence-corrected chi connectivity index (χ4v) is 202. The zero-order chi connectivity index (χ0) is 10.1. The van der Waals surface area contributed by atoms with Gasteiger partial charge in [-0.3, -0.25) is 0 Å². The molecule has 2 aliphatic heterocycles. The molecule has 2 unspecified atom stereocenters. The number of hydrogen-bond donors (Lipinski definition) is 0. The van der Waals surface area contributed by atoms with Crippen LogP contribution in [0, 0.1) is 0 Å². The lowest BCUT2D eigenvalue weighted by Gasteiger charge is -2.41. The number of rotatable bonds is 0. The standard InChI is InChI=1S/C6H18S3Si4/c1-10(2)7-13(6)9-12(10,5)8-11(13,3)4/h1-6H3. The van der Waals surface area contributed by atoms with Crippen molar-refractivity contribution in [2.24, 2.45) is 0 Å². The molecule has 2 fully saturated rings. The van der Waals surface area contributed by atoms with Crippen molar-refractivity contribution >= 4 is 57.2 Å². The number of fused-ring (bicyclic) bond motifs is 2. The van der Waals surface area contributed by atoms with Gasteiger partial charge >= 0.3 is 0 Å². The lowest BCUT2D eigenvalue weighted by atomic mass is 11.9. The molecule has 0 aromatic rings. The normalized spacial score (nSPS) is 51.2. The predicted molar refractivity (Wildman–Crippen MR) is 81.0 cm³/mol. The molecular formula is C6H18S3Si4. The Morgan fingerprint density at radius 2 is 0.846 bits per heavy atom. The SMILES string of the molecule is C[Si]1(C)S[Si]2(C)S[Si]1(C)S[Si]2(C)C. The summed E-state index contributed by atoms with van der Waals surface area (Å²) in [5, 5.41) is 0. The predicted octanol–water partition coefficient (Wildman–Crippen LogP) is 3.92. The third kappa shape index (κ3) is 1.37. The molecule has 2 saturated heterocycles. The van der Waals surface area contributed by atoms with Crippen molar-refractivity contribution in [3.05, 3.63) is 0 Å². The van der Waals surface area contributed by atoms with Gasteiger partial charge in [-0.1, -0.05) is 39.3 Å². The fraction of sp³-hybridized carbons (Fsp3) is 1.00. The summed E-state index contributed by atoms with van der Waals surface area (Å²) in [6, 6.07) is 0. The van der Waals surface area contributed by atoms with Crippen molar-refractivity contribution in [2.45, 2.75) is 39.3 Å². The van der Waals surface area contributed by atoms with Gasteiger partial charge in [-0.05, 0) is 0 Å². The van der Waals surface area contributed by atoms with Crippen LogP contribution in [0.4, 0.5) is 0 Å². The van der Waals surface area contributed by atoms with Crippen molar-refractivity contribution < 1.29 is 0 Å². The van der Waals surface area contributed by atoms with E-state index < -0.39 is 25.3 Å². The molecule has 0 saturated carbocycles. The zero-order valence-electron chi connectivity index (χ0n) is 9.22. The van der Waals surface area contributed by atoms with Crippen LogP contribution in [0.15, 0.2) is 0 Å². The van der Waals surface area contributed by atoms with E-state index in [-0.39, 0.29) is 0 Å². The van der Waals surface area contributed by atoms with E-state index in [1.165, 1.54) is 0 Å². The Morgan fingerprint density at radius 1 is 0.538 bits per heavy atom. The van der Waals surface area contributed by atoms with E-state index in [2.05, 4.69) is 71.3 Å². The molecule has 0 aromatic carbocycles. The molecule has 2 atom stereocenters. The Kier molecular flexibility index (Phi) is 2.44. The average molecular weight is 299 g/mol. The minimum atomic E-state index is -0.863. The zero-order valence-corrected chi connectivity index (χ0v) is 15.7. The van der Waals surface area contributed by atoms with Gasteiger partial charge in [0.05, 0.1) is 0 Å². The van der Waals surface area contributed by atoms with Gasteiger partial charge in [0.15, 0.2) is 11.8 Å². The molecule has 0 nitrogen and oxygen atoms in total. The summed E-state index contributed by atoms with van der Waals surface area (Å²) in [5.74, 6) is -1.73. The highest BCUT2D eigenvalue weighted by Gasteiger charge is 2.73. The topological polar surface area (TPSA) is 0 Å². The highest BCUT2D eigenvalue weighted by atomic mass is 32.9. The molecule has 0 aliphatic carbocycles. The summed E-state index contributed by atoms with van der Waals surface area (Å²) >= 11 is 0. The maximum absolute atomic E-state index is 2.68. The summed E-state index contributed by atoms with van der Waals surface area (Å²) in [7, 11) is 7.72. The molecule has 2 heterocycles. The van der Waals surface area contributed by atoms with Gasteiger partial charge < -0.3 is 0 Å². The summed E-state index contributed by atoms with van der Waals surface area (Å²) in [6.07, 6.45) is 0. The van der Waals surface area contributed by atoms with Gasteiger partial charge in [-0.25, -0.2) is 0 Å². The first kappa shape index (κ1) is 11.4. The molecule has 0 amide bonds. The van der Waals surface area contributed by atoms with E-state index in [0.717, 1.165) is 0 Å². The van der Waals surface area contributed by atoms with Crippen molar-refractivity contribution in [3.8, 4) is 0 Å². The first-order chi connectivity index (χ1) is 5.62. The van der Waals surface area contributed by atoms with Crippen LogP contribution in [0.1, 0.15) is 0 Å². The van der Waals surface area contributed by atoms with Gasteiger partial charge in [0, 0.05) is 0 Å². The quantitative estimate of drug-likeness (QED) is 0.622. The van der Waals surface area contributed by atoms with Crippen molar-refractivity contribution in [3.63, 3.8) is 0 Å². The summed E-state index contributed by atoms with van der Waals surface area (Å²) in [4.78, 5) is 0. The molecule has 13 heavy (non-hydrogen) atoms. The van der Waals surface area contributed by atoms with Crippen LogP contribution >= 0.6 is 32.0 Å². The molecule has 76 valence electrons. The van der Waals surface area contributed by atoms with Gasteiger partial charge in [-0.2, -0.15) is 32.0 Å². The lowest BCUT2D eigenvalue weighted by molar-refractivity contribution is 2.01. The van der Waals surface area contributed by atoms with Crippen LogP contribution in [-0.2, 0) is 0 Å². The van der Waals surface area contributed by atoms with Crippen molar-refractivity contribution in [1.82, 2.24) is 0 Å². The molecule has 0 N–H and O–H groups in total. The van der Waals surface area contributed by atoms with Crippen LogP contribution in [0.2, 0.25) is 39.3 Å². The molecule has 2 rings (SSSR count). The minimum absolute atomic E-state index is 0.827. The largest absolute Gasteiger partial charge is 0.198 e. The molecule has 2 aliphatic rings. The van der Waals surface area contributed by atoms with E-state index in [1.807, 2.05) is 0 Å². The molecule has 7 heteroatoms. The van der Waals surface area contributed by atoms with Gasteiger partial charge in [0.1, 0.15) is 13.5 Å². The molecule has 0 aromatic heterocycles. The van der Waals surface area contributed by atoms with Crippen molar-refractivity contribution in [1.29, 1.82) is 0 Å². The summed E-state index contributed by atoms with van der Waals surface area (Å²) in [6.45, 7) is 14.3. The maximum atomic E-state index is 2.68. The Bertz CT molecular complexity index is 235. The fourth-order valence-electron chi connectivity index (χ4n) is 2.06. The molecular weight excluding hydrogens is 281 g/mol. The van der Waals surface area contributed by atoms with E-state index in [4.69, 9.17) is 0 Å². The minimum Gasteiger partial charge on any atom is -0.198 e. The summed E-state index contributed by atoms with van der Waals surface area (Å²) in [5.41, 5.74) is 0. The second kappa shape index (κ2) is 2.78. The second-order valence-electron chi connectivity index (χ2n) is 5.22. The van der Waals surface area contributed by atoms with Gasteiger partial charge in [0.25, 0.3) is 0 Å². The highest BCUT2D eigenvalue weighted by molar-refractivity contribution is 9.10. The highest BCUT2D eigenvalue weighted by Crippen LogP contribution is 2.71. The third-order valence-corrected chi connectivity index (χ3v) is 110. The average Bonchev–Trinajstić information content (AvgIpc) is 2.05. The Balaban J connectivity index is 2.44. The number of hydrogen-bond acceptors (Lipinski definition) is 3. The first-order valence-electron chi connectivity index (χ1n) is 4.72. The van der Waals surface area contributed by atoms with Crippen LogP contribution < -0.4 is 0 Å². The maximum Gasteiger partial charge on any atom is 0.162 e. The van der Waals surface area contributed by atoms with E-state index in [9.17, 15) is 0 Å². The Hall–Kier alpha value is 1.92. The van der Waals surface area contributed by atoms with Gasteiger partial charge in [0.2, 0.25) is 0 Å². The van der Waals surface area contributed by atoms with E-state index in [1.54, 1.807) is 0 Å². The Morgan fingerprint density at radius 3 is 1.00 bits per heavy atom. The van der Waals surface area contributed by atoms with Crippen LogP contribution in [-0.4, -0.2) is 25.3 Å². The first-order valence-corrected chi connectivity index (χ1v) is 24.5. The monoisotopic (exact) mass is 298 g/mol. The third-order valence-electron chi connectivity index (χ3n) is 3.48. The molecule has 0 radical (unpaired) electrons. The van der Waals surface area contributed by atoms with Crippen LogP contribution in [0.5, 0.6) is 0 Å². The second-order valence-corrected chi connectivity index (χ2v) is 60.5. The molecule has 2 bridgehead atoms. The summed E-state index contributed by atoms with van der Waals surface area (Å²) < 4.78 is 0. The molecule has 0 spiro atoms. The van der Waals surface area contributed by atoms with Gasteiger partial charge in [-0.15, -0.1) is 0 Å².